The molecule has 0 radical (unpaired) electrons. The first-order chi connectivity index (χ1) is 9.17. The topological polar surface area (TPSA) is 44.3 Å². The predicted molar refractivity (Wildman–Crippen MR) is 81.4 cm³/mol. The van der Waals surface area contributed by atoms with Crippen molar-refractivity contribution in [1.82, 2.24) is 14.9 Å². The molecule has 102 valence electrons. The molecule has 0 aliphatic carbocycles. The summed E-state index contributed by atoms with van der Waals surface area (Å²) in [6.45, 7) is 6.35. The lowest BCUT2D eigenvalue weighted by atomic mass is 10.2. The maximum Gasteiger partial charge on any atom is 0.225 e. The molecule has 0 bridgehead atoms. The molecule has 2 aromatic rings. The van der Waals surface area contributed by atoms with Gasteiger partial charge in [0, 0.05) is 38.1 Å². The molecule has 6 heteroatoms. The highest BCUT2D eigenvalue weighted by atomic mass is 32.1. The highest BCUT2D eigenvalue weighted by Crippen LogP contribution is 2.32. The second-order valence-corrected chi connectivity index (χ2v) is 6.22. The second-order valence-electron chi connectivity index (χ2n) is 4.99. The van der Waals surface area contributed by atoms with Gasteiger partial charge in [-0.25, -0.2) is 4.98 Å². The minimum atomic E-state index is 0.711. The summed E-state index contributed by atoms with van der Waals surface area (Å²) in [7, 11) is 4.04. The van der Waals surface area contributed by atoms with Crippen LogP contribution in [0.1, 0.15) is 4.88 Å². The quantitative estimate of drug-likeness (QED) is 0.906. The van der Waals surface area contributed by atoms with E-state index in [2.05, 4.69) is 45.1 Å². The molecular formula is C13H19N5S. The van der Waals surface area contributed by atoms with E-state index in [-0.39, 0.29) is 0 Å². The summed E-state index contributed by atoms with van der Waals surface area (Å²) in [6, 6.07) is 2.20. The number of nitrogens with zero attached hydrogens (tertiary/aromatic N) is 4. The SMILES string of the molecule is CNc1nc(N2CCN(C)CC2)c2cc(C)sc2n1. The molecule has 1 saturated heterocycles. The number of hydrogen-bond donors (Lipinski definition) is 1. The van der Waals surface area contributed by atoms with Gasteiger partial charge in [-0.05, 0) is 20.0 Å². The molecule has 1 fully saturated rings. The molecule has 1 aliphatic heterocycles. The van der Waals surface area contributed by atoms with Gasteiger partial charge in [0.05, 0.1) is 5.39 Å². The normalized spacial score (nSPS) is 17.1. The molecule has 3 rings (SSSR count). The summed E-state index contributed by atoms with van der Waals surface area (Å²) in [6.07, 6.45) is 0. The van der Waals surface area contributed by atoms with Gasteiger partial charge in [0.1, 0.15) is 10.6 Å². The molecule has 0 amide bonds. The number of rotatable bonds is 2. The van der Waals surface area contributed by atoms with E-state index < -0.39 is 0 Å². The van der Waals surface area contributed by atoms with Crippen LogP contribution in [0.5, 0.6) is 0 Å². The average molecular weight is 277 g/mol. The number of thiophene rings is 1. The minimum absolute atomic E-state index is 0.711. The number of aryl methyl sites for hydroxylation is 1. The molecule has 1 aliphatic rings. The number of anilines is 2. The fourth-order valence-corrected chi connectivity index (χ4v) is 3.27. The molecule has 1 N–H and O–H groups in total. The maximum atomic E-state index is 4.67. The lowest BCUT2D eigenvalue weighted by Crippen LogP contribution is -2.44. The number of aromatic nitrogens is 2. The standard InChI is InChI=1S/C13H19N5S/c1-9-8-10-11(18-6-4-17(3)5-7-18)15-13(14-2)16-12(10)19-9/h8H,4-7H2,1-3H3,(H,14,15,16). The first-order valence-corrected chi connectivity index (χ1v) is 7.38. The molecule has 0 aromatic carbocycles. The Hall–Kier alpha value is -1.40. The van der Waals surface area contributed by atoms with E-state index in [0.717, 1.165) is 36.8 Å². The zero-order chi connectivity index (χ0) is 13.4. The number of nitrogens with one attached hydrogen (secondary N) is 1. The predicted octanol–water partition coefficient (Wildman–Crippen LogP) is 1.79. The zero-order valence-corrected chi connectivity index (χ0v) is 12.4. The van der Waals surface area contributed by atoms with Gasteiger partial charge >= 0.3 is 0 Å². The van der Waals surface area contributed by atoms with Crippen LogP contribution >= 0.6 is 11.3 Å². The van der Waals surface area contributed by atoms with Crippen LogP contribution in [0.15, 0.2) is 6.07 Å². The fourth-order valence-electron chi connectivity index (χ4n) is 2.40. The summed E-state index contributed by atoms with van der Waals surface area (Å²) in [5, 5.41) is 4.25. The number of fused-ring (bicyclic) bond motifs is 1. The Bertz CT molecular complexity index is 586. The first-order valence-electron chi connectivity index (χ1n) is 6.57. The lowest BCUT2D eigenvalue weighted by Gasteiger charge is -2.33. The van der Waals surface area contributed by atoms with Gasteiger partial charge in [0.2, 0.25) is 5.95 Å². The van der Waals surface area contributed by atoms with Crippen LogP contribution in [0.4, 0.5) is 11.8 Å². The summed E-state index contributed by atoms with van der Waals surface area (Å²) >= 11 is 1.73. The van der Waals surface area contributed by atoms with Gasteiger partial charge in [-0.15, -0.1) is 11.3 Å². The third-order valence-electron chi connectivity index (χ3n) is 3.52. The third kappa shape index (κ3) is 2.37. The Morgan fingerprint density at radius 3 is 2.63 bits per heavy atom. The van der Waals surface area contributed by atoms with Crippen LogP contribution in [0, 0.1) is 6.92 Å². The van der Waals surface area contributed by atoms with Crippen molar-refractivity contribution >= 4 is 33.3 Å². The maximum absolute atomic E-state index is 4.67. The Balaban J connectivity index is 2.05. The largest absolute Gasteiger partial charge is 0.357 e. The monoisotopic (exact) mass is 277 g/mol. The van der Waals surface area contributed by atoms with E-state index in [1.807, 2.05) is 7.05 Å². The summed E-state index contributed by atoms with van der Waals surface area (Å²) < 4.78 is 0. The minimum Gasteiger partial charge on any atom is -0.357 e. The van der Waals surface area contributed by atoms with Crippen molar-refractivity contribution in [3.8, 4) is 0 Å². The van der Waals surface area contributed by atoms with Crippen LogP contribution in [-0.2, 0) is 0 Å². The van der Waals surface area contributed by atoms with E-state index in [1.165, 1.54) is 10.3 Å². The fraction of sp³-hybridized carbons (Fsp3) is 0.538. The Kier molecular flexibility index (Phi) is 3.28. The smallest absolute Gasteiger partial charge is 0.225 e. The van der Waals surface area contributed by atoms with Crippen molar-refractivity contribution in [2.24, 2.45) is 0 Å². The number of piperazine rings is 1. The molecule has 19 heavy (non-hydrogen) atoms. The number of likely N-dealkylation sites (N-methyl/N-ethyl adjacent to an activating group) is 1. The third-order valence-corrected chi connectivity index (χ3v) is 4.47. The van der Waals surface area contributed by atoms with E-state index in [0.29, 0.717) is 5.95 Å². The lowest BCUT2D eigenvalue weighted by molar-refractivity contribution is 0.312. The summed E-state index contributed by atoms with van der Waals surface area (Å²) in [5.74, 6) is 1.79. The van der Waals surface area contributed by atoms with Gasteiger partial charge in [0.25, 0.3) is 0 Å². The van der Waals surface area contributed by atoms with Crippen LogP contribution in [0.3, 0.4) is 0 Å². The van der Waals surface area contributed by atoms with Gasteiger partial charge in [-0.2, -0.15) is 4.98 Å². The van der Waals surface area contributed by atoms with Crippen molar-refractivity contribution in [2.75, 3.05) is 50.5 Å². The van der Waals surface area contributed by atoms with Crippen molar-refractivity contribution in [1.29, 1.82) is 0 Å². The first kappa shape index (κ1) is 12.6. The van der Waals surface area contributed by atoms with Crippen molar-refractivity contribution in [3.05, 3.63) is 10.9 Å². The highest BCUT2D eigenvalue weighted by molar-refractivity contribution is 7.18. The van der Waals surface area contributed by atoms with Gasteiger partial charge in [-0.3, -0.25) is 0 Å². The van der Waals surface area contributed by atoms with Crippen molar-refractivity contribution < 1.29 is 0 Å². The Morgan fingerprint density at radius 1 is 1.21 bits per heavy atom. The zero-order valence-electron chi connectivity index (χ0n) is 11.6. The molecule has 3 heterocycles. The van der Waals surface area contributed by atoms with Crippen LogP contribution in [-0.4, -0.2) is 55.1 Å². The van der Waals surface area contributed by atoms with E-state index in [9.17, 15) is 0 Å². The van der Waals surface area contributed by atoms with E-state index in [4.69, 9.17) is 0 Å². The van der Waals surface area contributed by atoms with Crippen LogP contribution in [0.2, 0.25) is 0 Å². The van der Waals surface area contributed by atoms with E-state index >= 15 is 0 Å². The van der Waals surface area contributed by atoms with Crippen LogP contribution < -0.4 is 10.2 Å². The average Bonchev–Trinajstić information content (AvgIpc) is 2.78. The van der Waals surface area contributed by atoms with Gasteiger partial charge < -0.3 is 15.1 Å². The van der Waals surface area contributed by atoms with Crippen molar-refractivity contribution in [3.63, 3.8) is 0 Å². The summed E-state index contributed by atoms with van der Waals surface area (Å²) in [4.78, 5) is 16.3. The van der Waals surface area contributed by atoms with Crippen LogP contribution in [0.25, 0.3) is 10.2 Å². The molecule has 5 nitrogen and oxygen atoms in total. The van der Waals surface area contributed by atoms with E-state index in [1.54, 1.807) is 11.3 Å². The Labute approximate surface area is 117 Å². The second kappa shape index (κ2) is 4.94. The molecule has 0 atom stereocenters. The van der Waals surface area contributed by atoms with Gasteiger partial charge in [-0.1, -0.05) is 0 Å². The molecule has 0 unspecified atom stereocenters. The molecule has 0 saturated carbocycles. The Morgan fingerprint density at radius 2 is 1.95 bits per heavy atom. The number of hydrogen-bond acceptors (Lipinski definition) is 6. The van der Waals surface area contributed by atoms with Gasteiger partial charge in [0.15, 0.2) is 0 Å². The molecule has 0 spiro atoms. The highest BCUT2D eigenvalue weighted by Gasteiger charge is 2.19. The molecule has 2 aromatic heterocycles. The van der Waals surface area contributed by atoms with Crippen molar-refractivity contribution in [2.45, 2.75) is 6.92 Å². The summed E-state index contributed by atoms with van der Waals surface area (Å²) in [5.41, 5.74) is 0. The molecular weight excluding hydrogens is 258 g/mol.